The normalized spacial score (nSPS) is 24.5. The van der Waals surface area contributed by atoms with Gasteiger partial charge in [0.15, 0.2) is 0 Å². The van der Waals surface area contributed by atoms with Gasteiger partial charge in [0.2, 0.25) is 0 Å². The van der Waals surface area contributed by atoms with Crippen LogP contribution in [0.5, 0.6) is 0 Å². The predicted octanol–water partition coefficient (Wildman–Crippen LogP) is 2.54. The van der Waals surface area contributed by atoms with Gasteiger partial charge in [0.25, 0.3) is 0 Å². The third-order valence-corrected chi connectivity index (χ3v) is 4.54. The van der Waals surface area contributed by atoms with Crippen LogP contribution in [-0.4, -0.2) is 17.8 Å². The fraction of sp³-hybridized carbons (Fsp3) is 0.500. The van der Waals surface area contributed by atoms with Crippen molar-refractivity contribution in [2.24, 2.45) is 5.73 Å². The molecular weight excluding hydrogens is 204 g/mol. The monoisotopic (exact) mass is 222 g/mol. The molecule has 2 nitrogen and oxygen atoms in total. The standard InChI is InChI=1S/C12H18N2S/c1-7-4-8(2)12-10(5-7)14-9(3)11(6-13)15-12/h4-5,9,11,14H,6,13H2,1-3H3. The zero-order valence-corrected chi connectivity index (χ0v) is 10.3. The zero-order chi connectivity index (χ0) is 11.0. The second-order valence-corrected chi connectivity index (χ2v) is 5.53. The average Bonchev–Trinajstić information content (AvgIpc) is 2.16. The number of aryl methyl sites for hydroxylation is 2. The molecule has 1 heterocycles. The Kier molecular flexibility index (Phi) is 2.94. The van der Waals surface area contributed by atoms with Gasteiger partial charge in [-0.2, -0.15) is 0 Å². The Labute approximate surface area is 95.6 Å². The smallest absolute Gasteiger partial charge is 0.0486 e. The molecule has 0 fully saturated rings. The lowest BCUT2D eigenvalue weighted by molar-refractivity contribution is 0.722. The average molecular weight is 222 g/mol. The predicted molar refractivity (Wildman–Crippen MR) is 67.7 cm³/mol. The number of benzene rings is 1. The molecule has 0 saturated carbocycles. The Balaban J connectivity index is 2.40. The Bertz CT molecular complexity index is 376. The van der Waals surface area contributed by atoms with Crippen molar-refractivity contribution in [3.05, 3.63) is 23.3 Å². The highest BCUT2D eigenvalue weighted by Gasteiger charge is 2.25. The van der Waals surface area contributed by atoms with Gasteiger partial charge >= 0.3 is 0 Å². The van der Waals surface area contributed by atoms with Crippen LogP contribution in [0.4, 0.5) is 5.69 Å². The summed E-state index contributed by atoms with van der Waals surface area (Å²) in [6, 6.07) is 4.91. The third-order valence-electron chi connectivity index (χ3n) is 2.86. The number of hydrogen-bond acceptors (Lipinski definition) is 3. The van der Waals surface area contributed by atoms with Gasteiger partial charge in [-0.1, -0.05) is 6.07 Å². The van der Waals surface area contributed by atoms with E-state index in [1.54, 1.807) is 0 Å². The van der Waals surface area contributed by atoms with Gasteiger partial charge in [0.05, 0.1) is 0 Å². The fourth-order valence-electron chi connectivity index (χ4n) is 2.06. The summed E-state index contributed by atoms with van der Waals surface area (Å²) in [5.74, 6) is 0. The van der Waals surface area contributed by atoms with Gasteiger partial charge in [-0.3, -0.25) is 0 Å². The molecule has 0 aromatic heterocycles. The lowest BCUT2D eigenvalue weighted by Crippen LogP contribution is -2.37. The van der Waals surface area contributed by atoms with Crippen molar-refractivity contribution in [1.82, 2.24) is 0 Å². The first kappa shape index (κ1) is 10.8. The fourth-order valence-corrected chi connectivity index (χ4v) is 3.22. The second kappa shape index (κ2) is 4.06. The van der Waals surface area contributed by atoms with Crippen molar-refractivity contribution < 1.29 is 0 Å². The summed E-state index contributed by atoms with van der Waals surface area (Å²) in [5, 5.41) is 4.03. The summed E-state index contributed by atoms with van der Waals surface area (Å²) in [4.78, 5) is 1.37. The summed E-state index contributed by atoms with van der Waals surface area (Å²) in [5.41, 5.74) is 9.71. The van der Waals surface area contributed by atoms with E-state index in [1.165, 1.54) is 21.7 Å². The molecule has 0 bridgehead atoms. The first-order valence-electron chi connectivity index (χ1n) is 5.36. The molecule has 0 amide bonds. The number of anilines is 1. The molecule has 82 valence electrons. The Morgan fingerprint density at radius 1 is 1.40 bits per heavy atom. The highest BCUT2D eigenvalue weighted by molar-refractivity contribution is 8.00. The second-order valence-electron chi connectivity index (χ2n) is 4.28. The van der Waals surface area contributed by atoms with Crippen LogP contribution in [0.25, 0.3) is 0 Å². The van der Waals surface area contributed by atoms with E-state index in [4.69, 9.17) is 5.73 Å². The summed E-state index contributed by atoms with van der Waals surface area (Å²) in [6.07, 6.45) is 0. The molecule has 0 aliphatic carbocycles. The van der Waals surface area contributed by atoms with E-state index in [0.29, 0.717) is 11.3 Å². The van der Waals surface area contributed by atoms with E-state index in [9.17, 15) is 0 Å². The quantitative estimate of drug-likeness (QED) is 0.767. The molecule has 1 aromatic carbocycles. The summed E-state index contributed by atoms with van der Waals surface area (Å²) < 4.78 is 0. The molecule has 3 heteroatoms. The van der Waals surface area contributed by atoms with Gasteiger partial charge < -0.3 is 11.1 Å². The highest BCUT2D eigenvalue weighted by Crippen LogP contribution is 2.40. The van der Waals surface area contributed by atoms with Crippen LogP contribution in [0.1, 0.15) is 18.1 Å². The first-order chi connectivity index (χ1) is 7.11. The number of fused-ring (bicyclic) bond motifs is 1. The lowest BCUT2D eigenvalue weighted by atomic mass is 10.1. The van der Waals surface area contributed by atoms with Crippen LogP contribution in [0.3, 0.4) is 0 Å². The summed E-state index contributed by atoms with van der Waals surface area (Å²) >= 11 is 1.91. The first-order valence-corrected chi connectivity index (χ1v) is 6.24. The van der Waals surface area contributed by atoms with Crippen LogP contribution in [0.2, 0.25) is 0 Å². The molecule has 15 heavy (non-hydrogen) atoms. The van der Waals surface area contributed by atoms with E-state index in [0.717, 1.165) is 6.54 Å². The molecular formula is C12H18N2S. The molecule has 2 rings (SSSR count). The maximum atomic E-state index is 5.77. The Hall–Kier alpha value is -0.670. The van der Waals surface area contributed by atoms with Crippen molar-refractivity contribution >= 4 is 17.4 Å². The van der Waals surface area contributed by atoms with Crippen LogP contribution in [-0.2, 0) is 0 Å². The number of rotatable bonds is 1. The highest BCUT2D eigenvalue weighted by atomic mass is 32.2. The van der Waals surface area contributed by atoms with Crippen LogP contribution >= 0.6 is 11.8 Å². The maximum absolute atomic E-state index is 5.77. The maximum Gasteiger partial charge on any atom is 0.0486 e. The number of thioether (sulfide) groups is 1. The van der Waals surface area contributed by atoms with Gasteiger partial charge in [0, 0.05) is 28.4 Å². The molecule has 1 aromatic rings. The van der Waals surface area contributed by atoms with Crippen molar-refractivity contribution in [3.63, 3.8) is 0 Å². The summed E-state index contributed by atoms with van der Waals surface area (Å²) in [6.45, 7) is 7.24. The molecule has 3 N–H and O–H groups in total. The van der Waals surface area contributed by atoms with E-state index in [-0.39, 0.29) is 0 Å². The largest absolute Gasteiger partial charge is 0.380 e. The third kappa shape index (κ3) is 1.99. The van der Waals surface area contributed by atoms with Crippen molar-refractivity contribution in [3.8, 4) is 0 Å². The zero-order valence-electron chi connectivity index (χ0n) is 9.50. The minimum absolute atomic E-state index is 0.452. The van der Waals surface area contributed by atoms with Crippen molar-refractivity contribution in [2.75, 3.05) is 11.9 Å². The van der Waals surface area contributed by atoms with E-state index >= 15 is 0 Å². The molecule has 1 aliphatic heterocycles. The Morgan fingerprint density at radius 2 is 2.13 bits per heavy atom. The molecule has 0 spiro atoms. The van der Waals surface area contributed by atoms with E-state index in [2.05, 4.69) is 38.2 Å². The van der Waals surface area contributed by atoms with E-state index in [1.807, 2.05) is 11.8 Å². The molecule has 2 atom stereocenters. The van der Waals surface area contributed by atoms with Crippen LogP contribution in [0, 0.1) is 13.8 Å². The Morgan fingerprint density at radius 3 is 2.80 bits per heavy atom. The topological polar surface area (TPSA) is 38.0 Å². The van der Waals surface area contributed by atoms with Crippen LogP contribution in [0.15, 0.2) is 17.0 Å². The molecule has 2 unspecified atom stereocenters. The minimum atomic E-state index is 0.452. The van der Waals surface area contributed by atoms with Gasteiger partial charge in [-0.05, 0) is 38.0 Å². The van der Waals surface area contributed by atoms with Crippen molar-refractivity contribution in [2.45, 2.75) is 37.0 Å². The van der Waals surface area contributed by atoms with Crippen LogP contribution < -0.4 is 11.1 Å². The SMILES string of the molecule is Cc1cc(C)c2c(c1)NC(C)C(CN)S2. The van der Waals surface area contributed by atoms with Crippen molar-refractivity contribution in [1.29, 1.82) is 0 Å². The molecule has 0 saturated heterocycles. The van der Waals surface area contributed by atoms with Gasteiger partial charge in [-0.15, -0.1) is 11.8 Å². The number of nitrogens with two attached hydrogens (primary N) is 1. The summed E-state index contributed by atoms with van der Waals surface area (Å²) in [7, 11) is 0. The molecule has 0 radical (unpaired) electrons. The van der Waals surface area contributed by atoms with Gasteiger partial charge in [0.1, 0.15) is 0 Å². The molecule has 1 aliphatic rings. The van der Waals surface area contributed by atoms with Gasteiger partial charge in [-0.25, -0.2) is 0 Å². The minimum Gasteiger partial charge on any atom is -0.380 e. The van der Waals surface area contributed by atoms with E-state index < -0.39 is 0 Å². The number of nitrogens with one attached hydrogen (secondary N) is 1. The number of hydrogen-bond donors (Lipinski definition) is 2. The lowest BCUT2D eigenvalue weighted by Gasteiger charge is -2.32.